The molecule has 2 fully saturated rings. The van der Waals surface area contributed by atoms with Crippen molar-refractivity contribution in [2.75, 3.05) is 5.32 Å². The van der Waals surface area contributed by atoms with Gasteiger partial charge in [-0.05, 0) is 62.3 Å². The molecule has 0 radical (unpaired) electrons. The highest BCUT2D eigenvalue weighted by molar-refractivity contribution is 6.02. The van der Waals surface area contributed by atoms with Crippen molar-refractivity contribution in [2.24, 2.45) is 5.92 Å². The number of aromatic nitrogens is 3. The summed E-state index contributed by atoms with van der Waals surface area (Å²) in [4.78, 5) is 29.1. The first-order valence-electron chi connectivity index (χ1n) is 13.4. The van der Waals surface area contributed by atoms with E-state index in [2.05, 4.69) is 20.1 Å². The smallest absolute Gasteiger partial charge is 0.254 e. The Bertz CT molecular complexity index is 1250. The number of likely N-dealkylation sites (tertiary alicyclic amines) is 1. The molecule has 3 heterocycles. The van der Waals surface area contributed by atoms with Crippen molar-refractivity contribution in [3.05, 3.63) is 66.0 Å². The molecule has 2 amide bonds. The van der Waals surface area contributed by atoms with Gasteiger partial charge in [-0.2, -0.15) is 0 Å². The Balaban J connectivity index is 1.25. The number of carbonyl (C=O) groups is 2. The van der Waals surface area contributed by atoms with Crippen molar-refractivity contribution in [1.29, 1.82) is 0 Å². The number of carbonyl (C=O) groups excluding carboxylic acids is 2. The van der Waals surface area contributed by atoms with E-state index in [0.29, 0.717) is 11.5 Å². The average molecular weight is 484 g/mol. The van der Waals surface area contributed by atoms with E-state index in [1.807, 2.05) is 59.5 Å². The fourth-order valence-corrected chi connectivity index (χ4v) is 6.38. The first-order chi connectivity index (χ1) is 17.7. The summed E-state index contributed by atoms with van der Waals surface area (Å²) < 4.78 is 2.22. The Labute approximate surface area is 211 Å². The van der Waals surface area contributed by atoms with E-state index in [4.69, 9.17) is 0 Å². The van der Waals surface area contributed by atoms with Crippen molar-refractivity contribution in [1.82, 2.24) is 19.7 Å². The number of nitrogens with zero attached hydrogens (tertiary/aromatic N) is 4. The van der Waals surface area contributed by atoms with E-state index in [1.54, 1.807) is 0 Å². The predicted octanol–water partition coefficient (Wildman–Crippen LogP) is 5.08. The van der Waals surface area contributed by atoms with Gasteiger partial charge in [-0.15, -0.1) is 10.2 Å². The van der Waals surface area contributed by atoms with Gasteiger partial charge < -0.3 is 14.8 Å². The fraction of sp³-hybridized carbons (Fsp3) is 0.448. The minimum absolute atomic E-state index is 0.0370. The van der Waals surface area contributed by atoms with Crippen LogP contribution >= 0.6 is 0 Å². The summed E-state index contributed by atoms with van der Waals surface area (Å²) in [7, 11) is 0. The Kier molecular flexibility index (Phi) is 6.30. The van der Waals surface area contributed by atoms with Crippen LogP contribution in [0.5, 0.6) is 0 Å². The van der Waals surface area contributed by atoms with E-state index < -0.39 is 6.04 Å². The molecule has 6 rings (SSSR count). The zero-order chi connectivity index (χ0) is 24.5. The Morgan fingerprint density at radius 1 is 0.889 bits per heavy atom. The van der Waals surface area contributed by atoms with Gasteiger partial charge in [0, 0.05) is 35.8 Å². The second kappa shape index (κ2) is 9.88. The van der Waals surface area contributed by atoms with Crippen LogP contribution < -0.4 is 5.32 Å². The quantitative estimate of drug-likeness (QED) is 0.561. The fourth-order valence-electron chi connectivity index (χ4n) is 6.38. The molecule has 2 aliphatic heterocycles. The minimum Gasteiger partial charge on any atom is -0.324 e. The monoisotopic (exact) mass is 483 g/mol. The number of anilines is 1. The standard InChI is InChI=1S/C29H33N5O2/c35-28(25-19-21-12-6-7-15-24(21)34(25)29(36)20-10-3-1-4-11-20)30-23-14-9-13-22(18-23)27-32-31-26-16-5-2-8-17-33(26)27/h1,3-4,9-11,13-14,18,21,24-25H,2,5-8,12,15-17,19H2,(H,30,35). The van der Waals surface area contributed by atoms with Gasteiger partial charge in [0.15, 0.2) is 5.82 Å². The van der Waals surface area contributed by atoms with Gasteiger partial charge in [0.2, 0.25) is 5.91 Å². The molecule has 3 unspecified atom stereocenters. The molecule has 3 aromatic rings. The zero-order valence-electron chi connectivity index (χ0n) is 20.6. The van der Waals surface area contributed by atoms with Gasteiger partial charge in [0.1, 0.15) is 11.9 Å². The summed E-state index contributed by atoms with van der Waals surface area (Å²) in [5.74, 6) is 2.15. The summed E-state index contributed by atoms with van der Waals surface area (Å²) in [6, 6.07) is 16.9. The Morgan fingerprint density at radius 2 is 1.75 bits per heavy atom. The van der Waals surface area contributed by atoms with Crippen molar-refractivity contribution in [3.8, 4) is 11.4 Å². The van der Waals surface area contributed by atoms with Gasteiger partial charge >= 0.3 is 0 Å². The summed E-state index contributed by atoms with van der Waals surface area (Å²) in [5, 5.41) is 12.0. The number of rotatable bonds is 4. The lowest BCUT2D eigenvalue weighted by molar-refractivity contribution is -0.120. The number of aryl methyl sites for hydroxylation is 1. The van der Waals surface area contributed by atoms with Crippen LogP contribution in [0.15, 0.2) is 54.6 Å². The van der Waals surface area contributed by atoms with Gasteiger partial charge in [-0.1, -0.05) is 49.6 Å². The lowest BCUT2D eigenvalue weighted by Crippen LogP contribution is -2.47. The highest BCUT2D eigenvalue weighted by Crippen LogP contribution is 2.41. The second-order valence-electron chi connectivity index (χ2n) is 10.4. The third-order valence-corrected chi connectivity index (χ3v) is 8.14. The molecule has 36 heavy (non-hydrogen) atoms. The van der Waals surface area contributed by atoms with Gasteiger partial charge in [-0.3, -0.25) is 9.59 Å². The topological polar surface area (TPSA) is 80.1 Å². The van der Waals surface area contributed by atoms with Crippen LogP contribution in [0.3, 0.4) is 0 Å². The third-order valence-electron chi connectivity index (χ3n) is 8.14. The first kappa shape index (κ1) is 23.0. The largest absolute Gasteiger partial charge is 0.324 e. The van der Waals surface area contributed by atoms with Crippen molar-refractivity contribution in [3.63, 3.8) is 0 Å². The van der Waals surface area contributed by atoms with Gasteiger partial charge in [0.05, 0.1) is 0 Å². The van der Waals surface area contributed by atoms with Crippen LogP contribution in [0.2, 0.25) is 0 Å². The Morgan fingerprint density at radius 3 is 2.64 bits per heavy atom. The summed E-state index contributed by atoms with van der Waals surface area (Å²) in [6.45, 7) is 0.926. The van der Waals surface area contributed by atoms with Crippen LogP contribution in [0.4, 0.5) is 5.69 Å². The molecule has 186 valence electrons. The highest BCUT2D eigenvalue weighted by atomic mass is 16.2. The normalized spacial score (nSPS) is 23.4. The van der Waals surface area contributed by atoms with Crippen LogP contribution in [-0.4, -0.2) is 43.6 Å². The average Bonchev–Trinajstić information content (AvgIpc) is 3.43. The molecular weight excluding hydrogens is 450 g/mol. The maximum absolute atomic E-state index is 13.6. The summed E-state index contributed by atoms with van der Waals surface area (Å²) in [6.07, 6.45) is 9.51. The molecule has 7 nitrogen and oxygen atoms in total. The molecule has 1 N–H and O–H groups in total. The number of fused-ring (bicyclic) bond motifs is 2. The number of hydrogen-bond donors (Lipinski definition) is 1. The van der Waals surface area contributed by atoms with Crippen molar-refractivity contribution >= 4 is 17.5 Å². The van der Waals surface area contributed by atoms with E-state index in [0.717, 1.165) is 74.4 Å². The molecule has 1 aliphatic carbocycles. The molecule has 0 bridgehead atoms. The predicted molar refractivity (Wildman–Crippen MR) is 138 cm³/mol. The maximum atomic E-state index is 13.6. The minimum atomic E-state index is -0.459. The molecule has 0 spiro atoms. The van der Waals surface area contributed by atoms with E-state index in [1.165, 1.54) is 12.8 Å². The summed E-state index contributed by atoms with van der Waals surface area (Å²) >= 11 is 0. The number of nitrogens with one attached hydrogen (secondary N) is 1. The maximum Gasteiger partial charge on any atom is 0.254 e. The molecule has 7 heteroatoms. The number of benzene rings is 2. The zero-order valence-corrected chi connectivity index (χ0v) is 20.6. The van der Waals surface area contributed by atoms with Crippen LogP contribution in [0, 0.1) is 5.92 Å². The lowest BCUT2D eigenvalue weighted by atomic mass is 9.84. The summed E-state index contributed by atoms with van der Waals surface area (Å²) in [5.41, 5.74) is 2.33. The molecular formula is C29H33N5O2. The van der Waals surface area contributed by atoms with Crippen LogP contribution in [-0.2, 0) is 17.8 Å². The lowest BCUT2D eigenvalue weighted by Gasteiger charge is -2.33. The SMILES string of the molecule is O=C(Nc1cccc(-c2nnc3n2CCCCC3)c1)C1CC2CCCCC2N1C(=O)c1ccccc1. The van der Waals surface area contributed by atoms with E-state index in [9.17, 15) is 9.59 Å². The first-order valence-corrected chi connectivity index (χ1v) is 13.4. The second-order valence-corrected chi connectivity index (χ2v) is 10.4. The van der Waals surface area contributed by atoms with Gasteiger partial charge in [-0.25, -0.2) is 0 Å². The molecule has 1 saturated heterocycles. The van der Waals surface area contributed by atoms with Crippen molar-refractivity contribution < 1.29 is 9.59 Å². The molecule has 3 atom stereocenters. The van der Waals surface area contributed by atoms with Gasteiger partial charge in [0.25, 0.3) is 5.91 Å². The van der Waals surface area contributed by atoms with Crippen molar-refractivity contribution in [2.45, 2.75) is 76.4 Å². The highest BCUT2D eigenvalue weighted by Gasteiger charge is 2.47. The van der Waals surface area contributed by atoms with E-state index in [-0.39, 0.29) is 17.9 Å². The third kappa shape index (κ3) is 4.31. The molecule has 3 aliphatic rings. The Hall–Kier alpha value is -3.48. The molecule has 1 aromatic heterocycles. The number of amides is 2. The number of hydrogen-bond acceptors (Lipinski definition) is 4. The van der Waals surface area contributed by atoms with Crippen LogP contribution in [0.25, 0.3) is 11.4 Å². The van der Waals surface area contributed by atoms with Crippen LogP contribution in [0.1, 0.15) is 67.5 Å². The molecule has 1 saturated carbocycles. The van der Waals surface area contributed by atoms with E-state index >= 15 is 0 Å². The molecule has 2 aromatic carbocycles.